The Morgan fingerprint density at radius 1 is 1.04 bits per heavy atom. The van der Waals surface area contributed by atoms with Crippen molar-refractivity contribution in [1.82, 2.24) is 20.2 Å². The van der Waals surface area contributed by atoms with Crippen LogP contribution in [0.25, 0.3) is 11.1 Å². The van der Waals surface area contributed by atoms with Crippen LogP contribution in [0.4, 0.5) is 11.5 Å². The molecule has 2 aromatic heterocycles. The lowest BCUT2D eigenvalue weighted by atomic mass is 9.88. The van der Waals surface area contributed by atoms with Gasteiger partial charge in [-0.15, -0.1) is 0 Å². The third-order valence-electron chi connectivity index (χ3n) is 10.6. The number of aromatic amines is 1. The van der Waals surface area contributed by atoms with E-state index in [-0.39, 0.29) is 18.0 Å². The standard InChI is InChI=1S/C38H52N6O3/c1-6-44(30-13-19-47-20-14-30)35-22-29(28-11-12-36(39-23-28)43-17-15-42(16-18-43)25(2)3)21-33(26(35)4)37(45)40-24-34-32-10-8-7-9-31(32)27(5)41-38(34)46/h11-12,21-23,25,30H,6-10,13-20,24H2,1-5H3,(H,40,45)(H,41,46). The molecule has 0 bridgehead atoms. The lowest BCUT2D eigenvalue weighted by Gasteiger charge is -2.37. The van der Waals surface area contributed by atoms with Crippen LogP contribution in [0.3, 0.4) is 0 Å². The van der Waals surface area contributed by atoms with Crippen LogP contribution in [0.1, 0.15) is 84.8 Å². The van der Waals surface area contributed by atoms with Gasteiger partial charge in [0.2, 0.25) is 0 Å². The molecule has 252 valence electrons. The number of H-pyrrole nitrogens is 1. The quantitative estimate of drug-likeness (QED) is 0.324. The average molecular weight is 641 g/mol. The SMILES string of the molecule is CCN(c1cc(-c2ccc(N3CCN(C(C)C)CC3)nc2)cc(C(=O)NCc2c3c(c(C)[nH]c2=O)CCCC3)c1C)C1CCOCC1. The second-order valence-electron chi connectivity index (χ2n) is 13.7. The maximum Gasteiger partial charge on any atom is 0.253 e. The summed E-state index contributed by atoms with van der Waals surface area (Å²) in [5.74, 6) is 0.831. The van der Waals surface area contributed by atoms with Crippen molar-refractivity contribution in [3.63, 3.8) is 0 Å². The Balaban J connectivity index is 1.31. The number of benzene rings is 1. The van der Waals surface area contributed by atoms with Crippen LogP contribution in [0.5, 0.6) is 0 Å². The molecule has 3 aliphatic rings. The van der Waals surface area contributed by atoms with Crippen molar-refractivity contribution in [2.24, 2.45) is 0 Å². The topological polar surface area (TPSA) is 93.8 Å². The average Bonchev–Trinajstić information content (AvgIpc) is 3.09. The summed E-state index contributed by atoms with van der Waals surface area (Å²) >= 11 is 0. The molecule has 3 aromatic rings. The largest absolute Gasteiger partial charge is 0.381 e. The van der Waals surface area contributed by atoms with E-state index in [2.05, 4.69) is 70.9 Å². The van der Waals surface area contributed by atoms with Gasteiger partial charge in [0.1, 0.15) is 5.82 Å². The number of aryl methyl sites for hydroxylation is 1. The van der Waals surface area contributed by atoms with Crippen molar-refractivity contribution in [2.75, 3.05) is 55.7 Å². The Bertz CT molecular complexity index is 1620. The van der Waals surface area contributed by atoms with E-state index in [1.54, 1.807) is 0 Å². The van der Waals surface area contributed by atoms with Gasteiger partial charge in [0.05, 0.1) is 0 Å². The van der Waals surface area contributed by atoms with Crippen molar-refractivity contribution < 1.29 is 9.53 Å². The predicted molar refractivity (Wildman–Crippen MR) is 190 cm³/mol. The highest BCUT2D eigenvalue weighted by Gasteiger charge is 2.26. The number of amides is 1. The minimum atomic E-state index is -0.161. The normalized spacial score (nSPS) is 17.5. The Labute approximate surface area is 279 Å². The molecule has 6 rings (SSSR count). The molecule has 47 heavy (non-hydrogen) atoms. The molecule has 9 nitrogen and oxygen atoms in total. The van der Waals surface area contributed by atoms with Gasteiger partial charge >= 0.3 is 0 Å². The molecule has 4 heterocycles. The van der Waals surface area contributed by atoms with Crippen LogP contribution >= 0.6 is 0 Å². The molecule has 0 unspecified atom stereocenters. The zero-order valence-electron chi connectivity index (χ0n) is 29.0. The van der Waals surface area contributed by atoms with Gasteiger partial charge in [-0.3, -0.25) is 14.5 Å². The van der Waals surface area contributed by atoms with Gasteiger partial charge in [0, 0.05) is 98.8 Å². The molecule has 0 atom stereocenters. The number of hydrogen-bond acceptors (Lipinski definition) is 7. The molecular formula is C38H52N6O3. The summed E-state index contributed by atoms with van der Waals surface area (Å²) in [5, 5.41) is 3.15. The van der Waals surface area contributed by atoms with Crippen molar-refractivity contribution in [2.45, 2.75) is 91.8 Å². The highest BCUT2D eigenvalue weighted by molar-refractivity contribution is 5.99. The van der Waals surface area contributed by atoms with Crippen LogP contribution in [0, 0.1) is 13.8 Å². The third kappa shape index (κ3) is 7.11. The molecule has 2 fully saturated rings. The zero-order valence-corrected chi connectivity index (χ0v) is 29.0. The molecule has 9 heteroatoms. The maximum atomic E-state index is 14.1. The highest BCUT2D eigenvalue weighted by Crippen LogP contribution is 2.34. The van der Waals surface area contributed by atoms with E-state index in [0.29, 0.717) is 23.2 Å². The zero-order chi connectivity index (χ0) is 33.1. The fourth-order valence-corrected chi connectivity index (χ4v) is 7.79. The van der Waals surface area contributed by atoms with Crippen molar-refractivity contribution in [1.29, 1.82) is 0 Å². The minimum Gasteiger partial charge on any atom is -0.381 e. The second-order valence-corrected chi connectivity index (χ2v) is 13.7. The van der Waals surface area contributed by atoms with Gasteiger partial charge in [-0.1, -0.05) is 0 Å². The molecule has 0 radical (unpaired) electrons. The van der Waals surface area contributed by atoms with Crippen molar-refractivity contribution >= 4 is 17.4 Å². The molecule has 0 saturated carbocycles. The Hall–Kier alpha value is -3.69. The van der Waals surface area contributed by atoms with E-state index >= 15 is 0 Å². The van der Waals surface area contributed by atoms with Crippen molar-refractivity contribution in [3.05, 3.63) is 74.3 Å². The molecule has 1 aromatic carbocycles. The van der Waals surface area contributed by atoms with Crippen molar-refractivity contribution in [3.8, 4) is 11.1 Å². The first-order valence-electron chi connectivity index (χ1n) is 17.7. The fourth-order valence-electron chi connectivity index (χ4n) is 7.79. The summed E-state index contributed by atoms with van der Waals surface area (Å²) < 4.78 is 5.69. The molecule has 1 amide bonds. The van der Waals surface area contributed by atoms with E-state index in [1.165, 1.54) is 5.56 Å². The Morgan fingerprint density at radius 3 is 2.43 bits per heavy atom. The first-order chi connectivity index (χ1) is 22.7. The number of nitrogens with one attached hydrogen (secondary N) is 2. The van der Waals surface area contributed by atoms with Gasteiger partial charge in [-0.05, 0) is 120 Å². The first kappa shape index (κ1) is 33.2. The number of carbonyl (C=O) groups excluding carboxylic acids is 1. The summed E-state index contributed by atoms with van der Waals surface area (Å²) in [6.07, 6.45) is 7.93. The van der Waals surface area contributed by atoms with E-state index in [1.807, 2.05) is 19.2 Å². The summed E-state index contributed by atoms with van der Waals surface area (Å²) in [7, 11) is 0. The number of nitrogens with zero attached hydrogens (tertiary/aromatic N) is 4. The van der Waals surface area contributed by atoms with E-state index in [4.69, 9.17) is 9.72 Å². The van der Waals surface area contributed by atoms with Gasteiger partial charge in [-0.2, -0.15) is 0 Å². The van der Waals surface area contributed by atoms with Gasteiger partial charge in [0.15, 0.2) is 0 Å². The summed E-state index contributed by atoms with van der Waals surface area (Å²) in [5.41, 5.74) is 8.53. The summed E-state index contributed by atoms with van der Waals surface area (Å²) in [6, 6.07) is 9.38. The molecule has 0 spiro atoms. The summed E-state index contributed by atoms with van der Waals surface area (Å²) in [4.78, 5) is 42.4. The number of anilines is 2. The first-order valence-corrected chi connectivity index (χ1v) is 17.7. The number of hydrogen-bond donors (Lipinski definition) is 2. The monoisotopic (exact) mass is 640 g/mol. The van der Waals surface area contributed by atoms with Crippen LogP contribution in [-0.2, 0) is 24.1 Å². The number of aromatic nitrogens is 2. The minimum absolute atomic E-state index is 0.0944. The number of rotatable bonds is 9. The van der Waals surface area contributed by atoms with Gasteiger partial charge < -0.3 is 24.8 Å². The molecule has 2 saturated heterocycles. The smallest absolute Gasteiger partial charge is 0.253 e. The second kappa shape index (κ2) is 14.6. The van der Waals surface area contributed by atoms with E-state index in [9.17, 15) is 9.59 Å². The number of piperazine rings is 1. The van der Waals surface area contributed by atoms with E-state index in [0.717, 1.165) is 124 Å². The number of pyridine rings is 2. The van der Waals surface area contributed by atoms with Crippen LogP contribution < -0.4 is 20.7 Å². The highest BCUT2D eigenvalue weighted by atomic mass is 16.5. The maximum absolute atomic E-state index is 14.1. The lowest BCUT2D eigenvalue weighted by molar-refractivity contribution is 0.0846. The number of fused-ring (bicyclic) bond motifs is 1. The van der Waals surface area contributed by atoms with Gasteiger partial charge in [0.25, 0.3) is 11.5 Å². The van der Waals surface area contributed by atoms with Crippen LogP contribution in [-0.4, -0.2) is 78.8 Å². The fraction of sp³-hybridized carbons (Fsp3) is 0.553. The summed E-state index contributed by atoms with van der Waals surface area (Å²) in [6.45, 7) is 17.3. The molecule has 2 aliphatic heterocycles. The molecule has 1 aliphatic carbocycles. The van der Waals surface area contributed by atoms with Gasteiger partial charge in [-0.25, -0.2) is 4.98 Å². The molecular weight excluding hydrogens is 588 g/mol. The lowest BCUT2D eigenvalue weighted by Crippen LogP contribution is -2.49. The van der Waals surface area contributed by atoms with Crippen LogP contribution in [0.15, 0.2) is 35.3 Å². The van der Waals surface area contributed by atoms with Crippen LogP contribution in [0.2, 0.25) is 0 Å². The number of carbonyl (C=O) groups is 1. The predicted octanol–water partition coefficient (Wildman–Crippen LogP) is 5.40. The van der Waals surface area contributed by atoms with E-state index < -0.39 is 0 Å². The molecule has 2 N–H and O–H groups in total. The number of ether oxygens (including phenoxy) is 1. The third-order valence-corrected chi connectivity index (χ3v) is 10.6. The Kier molecular flexibility index (Phi) is 10.3. The Morgan fingerprint density at radius 2 is 1.77 bits per heavy atom.